The highest BCUT2D eigenvalue weighted by molar-refractivity contribution is 8.13. The average Bonchev–Trinajstić information content (AvgIpc) is 1.92. The first-order valence-electron chi connectivity index (χ1n) is 2.74. The van der Waals surface area contributed by atoms with E-state index in [1.165, 1.54) is 0 Å². The van der Waals surface area contributed by atoms with Crippen molar-refractivity contribution < 1.29 is 8.42 Å². The number of hydrogen-bond acceptors (Lipinski definition) is 3. The van der Waals surface area contributed by atoms with Crippen molar-refractivity contribution in [1.82, 2.24) is 4.98 Å². The summed E-state index contributed by atoms with van der Waals surface area (Å²) in [7, 11) is 1.15. The Morgan fingerprint density at radius 3 is 2.42 bits per heavy atom. The summed E-state index contributed by atoms with van der Waals surface area (Å²) in [5, 5.41) is -0.211. The van der Waals surface area contributed by atoms with E-state index < -0.39 is 14.6 Å². The molecule has 0 spiro atoms. The largest absolute Gasteiger partial charge is 0.326 e. The topological polar surface area (TPSA) is 67.0 Å². The third kappa shape index (κ3) is 2.00. The van der Waals surface area contributed by atoms with Crippen molar-refractivity contribution in [1.29, 1.82) is 0 Å². The molecule has 0 saturated heterocycles. The van der Waals surface area contributed by atoms with Crippen LogP contribution in [0, 0.1) is 0 Å². The summed E-state index contributed by atoms with van der Waals surface area (Å²) in [5.74, 6) is 0. The summed E-state index contributed by atoms with van der Waals surface area (Å²) in [6.45, 7) is 0. The minimum Gasteiger partial charge on any atom is -0.326 e. The summed E-state index contributed by atoms with van der Waals surface area (Å²) in [5.41, 5.74) is -0.555. The second kappa shape index (κ2) is 3.08. The highest BCUT2D eigenvalue weighted by Crippen LogP contribution is 2.14. The van der Waals surface area contributed by atoms with Crippen LogP contribution >= 0.6 is 22.3 Å². The van der Waals surface area contributed by atoms with Crippen LogP contribution in [0.2, 0.25) is 5.02 Å². The molecule has 0 bridgehead atoms. The Morgan fingerprint density at radius 1 is 1.42 bits per heavy atom. The molecule has 66 valence electrons. The molecular formula is C5H3Cl2NO3S. The fraction of sp³-hybridized carbons (Fsp3) is 0. The van der Waals surface area contributed by atoms with E-state index in [0.29, 0.717) is 0 Å². The molecule has 1 aromatic rings. The maximum absolute atomic E-state index is 10.7. The van der Waals surface area contributed by atoms with Gasteiger partial charge in [-0.05, 0) is 6.07 Å². The molecule has 0 fully saturated rings. The van der Waals surface area contributed by atoms with E-state index in [2.05, 4.69) is 4.98 Å². The molecule has 1 rings (SSSR count). The fourth-order valence-electron chi connectivity index (χ4n) is 0.579. The Morgan fingerprint density at radius 2 is 2.00 bits per heavy atom. The lowest BCUT2D eigenvalue weighted by Crippen LogP contribution is -2.06. The summed E-state index contributed by atoms with van der Waals surface area (Å²) in [6.07, 6.45) is 0.983. The fourth-order valence-corrected chi connectivity index (χ4v) is 1.54. The zero-order valence-electron chi connectivity index (χ0n) is 5.54. The summed E-state index contributed by atoms with van der Waals surface area (Å²) in [6, 6.07) is 0.989. The Kier molecular flexibility index (Phi) is 2.46. The second-order valence-corrected chi connectivity index (χ2v) is 4.92. The molecule has 0 aliphatic rings. The first kappa shape index (κ1) is 9.57. The SMILES string of the molecule is O=c1[nH]cc(S(=O)(=O)Cl)cc1Cl. The van der Waals surface area contributed by atoms with E-state index in [-0.39, 0.29) is 9.92 Å². The summed E-state index contributed by atoms with van der Waals surface area (Å²) < 4.78 is 21.4. The number of H-pyrrole nitrogens is 1. The normalized spacial score (nSPS) is 11.5. The predicted molar refractivity (Wildman–Crippen MR) is 45.1 cm³/mol. The van der Waals surface area contributed by atoms with Gasteiger partial charge in [-0.3, -0.25) is 4.79 Å². The zero-order chi connectivity index (χ0) is 9.35. The number of rotatable bonds is 1. The smallest absolute Gasteiger partial charge is 0.266 e. The molecule has 1 aromatic heterocycles. The van der Waals surface area contributed by atoms with Crippen molar-refractivity contribution in [2.45, 2.75) is 4.90 Å². The molecule has 0 aromatic carbocycles. The van der Waals surface area contributed by atoms with Gasteiger partial charge in [0, 0.05) is 16.9 Å². The van der Waals surface area contributed by atoms with Gasteiger partial charge < -0.3 is 4.98 Å². The van der Waals surface area contributed by atoms with Crippen LogP contribution in [0.4, 0.5) is 0 Å². The summed E-state index contributed by atoms with van der Waals surface area (Å²) in [4.78, 5) is 12.6. The minimum atomic E-state index is -3.82. The van der Waals surface area contributed by atoms with Gasteiger partial charge in [0.2, 0.25) is 0 Å². The van der Waals surface area contributed by atoms with Crippen molar-refractivity contribution in [2.24, 2.45) is 0 Å². The van der Waals surface area contributed by atoms with Gasteiger partial charge in [-0.2, -0.15) is 0 Å². The highest BCUT2D eigenvalue weighted by Gasteiger charge is 2.11. The molecule has 0 saturated carbocycles. The number of nitrogens with one attached hydrogen (secondary N) is 1. The third-order valence-electron chi connectivity index (χ3n) is 1.11. The molecule has 0 atom stereocenters. The Balaban J connectivity index is 3.43. The van der Waals surface area contributed by atoms with Crippen molar-refractivity contribution in [3.8, 4) is 0 Å². The Labute approximate surface area is 77.5 Å². The molecule has 1 N–H and O–H groups in total. The van der Waals surface area contributed by atoms with Gasteiger partial charge in [-0.1, -0.05) is 11.6 Å². The lowest BCUT2D eigenvalue weighted by molar-refractivity contribution is 0.609. The molecule has 0 aliphatic heterocycles. The molecule has 12 heavy (non-hydrogen) atoms. The number of aromatic amines is 1. The maximum atomic E-state index is 10.7. The average molecular weight is 228 g/mol. The van der Waals surface area contributed by atoms with Gasteiger partial charge in [0.25, 0.3) is 14.6 Å². The van der Waals surface area contributed by atoms with Crippen molar-refractivity contribution in [3.05, 3.63) is 27.6 Å². The molecule has 7 heteroatoms. The number of aromatic nitrogens is 1. The highest BCUT2D eigenvalue weighted by atomic mass is 35.7. The van der Waals surface area contributed by atoms with E-state index in [1.807, 2.05) is 0 Å². The number of pyridine rings is 1. The van der Waals surface area contributed by atoms with E-state index >= 15 is 0 Å². The first-order valence-corrected chi connectivity index (χ1v) is 5.43. The van der Waals surface area contributed by atoms with Crippen molar-refractivity contribution in [2.75, 3.05) is 0 Å². The molecule has 4 nitrogen and oxygen atoms in total. The van der Waals surface area contributed by atoms with Crippen LogP contribution in [-0.4, -0.2) is 13.4 Å². The molecule has 0 radical (unpaired) electrons. The third-order valence-corrected chi connectivity index (χ3v) is 2.73. The van der Waals surface area contributed by atoms with Crippen LogP contribution in [0.25, 0.3) is 0 Å². The number of hydrogen-bond donors (Lipinski definition) is 1. The van der Waals surface area contributed by atoms with Crippen LogP contribution < -0.4 is 5.56 Å². The lowest BCUT2D eigenvalue weighted by atomic mass is 10.5. The summed E-state index contributed by atoms with van der Waals surface area (Å²) >= 11 is 5.35. The second-order valence-electron chi connectivity index (χ2n) is 1.95. The van der Waals surface area contributed by atoms with Crippen LogP contribution in [-0.2, 0) is 9.05 Å². The van der Waals surface area contributed by atoms with Gasteiger partial charge in [0.15, 0.2) is 0 Å². The van der Waals surface area contributed by atoms with Crippen molar-refractivity contribution in [3.63, 3.8) is 0 Å². The number of halogens is 2. The van der Waals surface area contributed by atoms with Gasteiger partial charge in [-0.25, -0.2) is 8.42 Å². The first-order chi connectivity index (χ1) is 5.41. The van der Waals surface area contributed by atoms with E-state index in [0.717, 1.165) is 12.3 Å². The van der Waals surface area contributed by atoms with Gasteiger partial charge >= 0.3 is 0 Å². The monoisotopic (exact) mass is 227 g/mol. The maximum Gasteiger partial charge on any atom is 0.266 e. The van der Waals surface area contributed by atoms with Crippen LogP contribution in [0.15, 0.2) is 22.0 Å². The van der Waals surface area contributed by atoms with Gasteiger partial charge in [0.1, 0.15) is 9.92 Å². The molecule has 0 aliphatic carbocycles. The minimum absolute atomic E-state index is 0.211. The van der Waals surface area contributed by atoms with Gasteiger partial charge in [0.05, 0.1) is 0 Å². The van der Waals surface area contributed by atoms with Crippen molar-refractivity contribution >= 4 is 31.3 Å². The predicted octanol–water partition coefficient (Wildman–Crippen LogP) is 0.956. The van der Waals surface area contributed by atoms with Gasteiger partial charge in [-0.15, -0.1) is 0 Å². The molecule has 0 amide bonds. The van der Waals surface area contributed by atoms with E-state index in [9.17, 15) is 13.2 Å². The molecule has 0 unspecified atom stereocenters. The van der Waals surface area contributed by atoms with E-state index in [4.69, 9.17) is 22.3 Å². The zero-order valence-corrected chi connectivity index (χ0v) is 7.87. The van der Waals surface area contributed by atoms with E-state index in [1.54, 1.807) is 0 Å². The quantitative estimate of drug-likeness (QED) is 0.727. The molecule has 1 heterocycles. The lowest BCUT2D eigenvalue weighted by Gasteiger charge is -1.94. The van der Waals surface area contributed by atoms with Crippen LogP contribution in [0.3, 0.4) is 0 Å². The standard InChI is InChI=1S/C5H3Cl2NO3S/c6-4-1-3(12(7,10)11)2-8-5(4)9/h1-2H,(H,8,9). The van der Waals surface area contributed by atoms with Crippen LogP contribution in [0.5, 0.6) is 0 Å². The van der Waals surface area contributed by atoms with Crippen LogP contribution in [0.1, 0.15) is 0 Å². The Bertz CT molecular complexity index is 450. The Hall–Kier alpha value is -0.520. The molecular weight excluding hydrogens is 225 g/mol.